The third-order valence-electron chi connectivity index (χ3n) is 6.60. The molecule has 0 bridgehead atoms. The van der Waals surface area contributed by atoms with Crippen LogP contribution in [0.4, 0.5) is 0 Å². The molecule has 0 aromatic heterocycles. The van der Waals surface area contributed by atoms with E-state index in [4.69, 9.17) is 0 Å². The summed E-state index contributed by atoms with van der Waals surface area (Å²) in [5, 5.41) is -1.09. The van der Waals surface area contributed by atoms with E-state index in [-0.39, 0.29) is 11.3 Å². The molecule has 0 amide bonds. The van der Waals surface area contributed by atoms with Gasteiger partial charge in [0, 0.05) is 18.4 Å². The Balaban J connectivity index is 2.13. The lowest BCUT2D eigenvalue weighted by Gasteiger charge is -2.28. The van der Waals surface area contributed by atoms with Gasteiger partial charge in [0.25, 0.3) is 0 Å². The van der Waals surface area contributed by atoms with Gasteiger partial charge in [0.2, 0.25) is 10.9 Å². The summed E-state index contributed by atoms with van der Waals surface area (Å²) in [5.74, 6) is -0.0720. The van der Waals surface area contributed by atoms with E-state index >= 15 is 0 Å². The van der Waals surface area contributed by atoms with E-state index in [1.807, 2.05) is 64.1 Å². The van der Waals surface area contributed by atoms with Gasteiger partial charge in [-0.05, 0) is 61.8 Å². The van der Waals surface area contributed by atoms with Gasteiger partial charge in [0.05, 0.1) is 5.56 Å². The quantitative estimate of drug-likeness (QED) is 0.356. The fraction of sp³-hybridized carbons (Fsp3) is 0.462. The summed E-state index contributed by atoms with van der Waals surface area (Å²) in [6.45, 7) is 7.84. The minimum absolute atomic E-state index is 0.0720. The molecule has 0 saturated heterocycles. The fourth-order valence-electron chi connectivity index (χ4n) is 4.87. The molecule has 1 fully saturated rings. The first-order valence-electron chi connectivity index (χ1n) is 11.1. The van der Waals surface area contributed by atoms with Gasteiger partial charge >= 0.3 is 13.3 Å². The Morgan fingerprint density at radius 2 is 1.33 bits per heavy atom. The van der Waals surface area contributed by atoms with Crippen molar-refractivity contribution in [1.82, 2.24) is 0 Å². The summed E-state index contributed by atoms with van der Waals surface area (Å²) in [4.78, 5) is 27.6. The van der Waals surface area contributed by atoms with Crippen molar-refractivity contribution in [3.05, 3.63) is 69.8 Å². The second-order valence-electron chi connectivity index (χ2n) is 8.45. The van der Waals surface area contributed by atoms with Crippen molar-refractivity contribution >= 4 is 19.1 Å². The van der Waals surface area contributed by atoms with Crippen LogP contribution < -0.4 is 0 Å². The van der Waals surface area contributed by atoms with Gasteiger partial charge in [0.15, 0.2) is 0 Å². The molecule has 1 aliphatic carbocycles. The molecule has 3 nitrogen and oxygen atoms in total. The summed E-state index contributed by atoms with van der Waals surface area (Å²) in [7, 11) is -2.39. The number of benzene rings is 2. The lowest BCUT2D eigenvalue weighted by atomic mass is 9.80. The van der Waals surface area contributed by atoms with Crippen LogP contribution >= 0.6 is 7.80 Å². The van der Waals surface area contributed by atoms with Crippen LogP contribution in [-0.2, 0) is 17.4 Å². The van der Waals surface area contributed by atoms with Crippen LogP contribution in [-0.4, -0.2) is 16.5 Å². The summed E-state index contributed by atoms with van der Waals surface area (Å²) in [5.41, 5.74) is 4.51. The lowest BCUT2D eigenvalue weighted by Crippen LogP contribution is -2.40. The molecule has 0 heterocycles. The first-order chi connectivity index (χ1) is 14.4. The monoisotopic (exact) mass is 423 g/mol. The van der Waals surface area contributed by atoms with Crippen molar-refractivity contribution in [3.63, 3.8) is 0 Å². The predicted molar refractivity (Wildman–Crippen MR) is 123 cm³/mol. The van der Waals surface area contributed by atoms with E-state index < -0.39 is 13.0 Å². The number of Topliss-reactive ketones (excluding diaryl/α,β-unsaturated/α-hetero) is 1. The SMILES string of the molecule is CCc1cccc(CC)c1C(=O)C1([P+](=O)C(=O)c2c(C)cccc2C)CCCCC1. The molecule has 30 heavy (non-hydrogen) atoms. The topological polar surface area (TPSA) is 51.2 Å². The summed E-state index contributed by atoms with van der Waals surface area (Å²) < 4.78 is 13.9. The maximum Gasteiger partial charge on any atom is 0.434 e. The molecule has 4 heteroatoms. The third-order valence-corrected chi connectivity index (χ3v) is 8.62. The van der Waals surface area contributed by atoms with Gasteiger partial charge in [-0.15, -0.1) is 0 Å². The fourth-order valence-corrected chi connectivity index (χ4v) is 6.84. The molecule has 1 aliphatic rings. The molecule has 2 aromatic rings. The van der Waals surface area contributed by atoms with E-state index in [2.05, 4.69) is 0 Å². The number of ketones is 1. The van der Waals surface area contributed by atoms with Gasteiger partial charge < -0.3 is 0 Å². The Kier molecular flexibility index (Phi) is 7.03. The van der Waals surface area contributed by atoms with Crippen LogP contribution in [0.1, 0.15) is 88.9 Å². The van der Waals surface area contributed by atoms with Crippen LogP contribution in [0.15, 0.2) is 36.4 Å². The zero-order valence-corrected chi connectivity index (χ0v) is 19.5. The average Bonchev–Trinajstić information content (AvgIpc) is 2.77. The normalized spacial score (nSPS) is 16.2. The van der Waals surface area contributed by atoms with E-state index in [1.54, 1.807) is 0 Å². The molecule has 1 saturated carbocycles. The predicted octanol–water partition coefficient (Wildman–Crippen LogP) is 6.98. The highest BCUT2D eigenvalue weighted by Gasteiger charge is 2.60. The first-order valence-corrected chi connectivity index (χ1v) is 12.4. The summed E-state index contributed by atoms with van der Waals surface area (Å²) in [6.07, 6.45) is 5.23. The Morgan fingerprint density at radius 1 is 0.833 bits per heavy atom. The Hall–Kier alpha value is -2.12. The molecule has 0 spiro atoms. The van der Waals surface area contributed by atoms with Crippen molar-refractivity contribution < 1.29 is 14.2 Å². The minimum atomic E-state index is -2.39. The number of carbonyl (C=O) groups is 2. The van der Waals surface area contributed by atoms with Crippen LogP contribution in [0.25, 0.3) is 0 Å². The van der Waals surface area contributed by atoms with Crippen LogP contribution in [0.3, 0.4) is 0 Å². The van der Waals surface area contributed by atoms with Crippen LogP contribution in [0.2, 0.25) is 0 Å². The van der Waals surface area contributed by atoms with Crippen molar-refractivity contribution in [2.24, 2.45) is 0 Å². The highest BCUT2D eigenvalue weighted by atomic mass is 31.1. The smallest absolute Gasteiger partial charge is 0.289 e. The van der Waals surface area contributed by atoms with Gasteiger partial charge in [-0.1, -0.05) is 61.2 Å². The molecular weight excluding hydrogens is 391 g/mol. The van der Waals surface area contributed by atoms with Gasteiger partial charge in [0.1, 0.15) is 0 Å². The number of carbonyl (C=O) groups excluding carboxylic acids is 2. The van der Waals surface area contributed by atoms with Crippen molar-refractivity contribution in [2.45, 2.75) is 77.8 Å². The first kappa shape index (κ1) is 22.6. The largest absolute Gasteiger partial charge is 0.434 e. The van der Waals surface area contributed by atoms with Crippen LogP contribution in [0.5, 0.6) is 0 Å². The van der Waals surface area contributed by atoms with Gasteiger partial charge in [-0.3, -0.25) is 4.79 Å². The lowest BCUT2D eigenvalue weighted by molar-refractivity contribution is 0.0901. The zero-order valence-electron chi connectivity index (χ0n) is 18.6. The third kappa shape index (κ3) is 3.93. The second-order valence-corrected chi connectivity index (χ2v) is 10.3. The average molecular weight is 424 g/mol. The highest BCUT2D eigenvalue weighted by molar-refractivity contribution is 7.67. The summed E-state index contributed by atoms with van der Waals surface area (Å²) in [6, 6.07) is 11.6. The Labute approximate surface area is 181 Å². The zero-order chi connectivity index (χ0) is 21.9. The molecule has 0 N–H and O–H groups in total. The number of rotatable bonds is 7. The minimum Gasteiger partial charge on any atom is -0.289 e. The molecule has 0 radical (unpaired) electrons. The van der Waals surface area contributed by atoms with E-state index in [1.165, 1.54) is 0 Å². The molecule has 2 aromatic carbocycles. The van der Waals surface area contributed by atoms with E-state index in [0.717, 1.165) is 54.4 Å². The standard InChI is InChI=1S/C26H32O3P/c1-5-20-14-11-15-21(6-2)23(20)24(27)26(16-8-7-9-17-26)30(29)25(28)22-18(3)12-10-13-19(22)4/h10-15H,5-9,16-17H2,1-4H3/q+1. The van der Waals surface area contributed by atoms with E-state index in [0.29, 0.717) is 24.0 Å². The summed E-state index contributed by atoms with van der Waals surface area (Å²) >= 11 is 0. The van der Waals surface area contributed by atoms with E-state index in [9.17, 15) is 14.2 Å². The van der Waals surface area contributed by atoms with Gasteiger partial charge in [-0.2, -0.15) is 0 Å². The molecule has 3 rings (SSSR count). The number of aryl methyl sites for hydroxylation is 4. The second kappa shape index (κ2) is 9.35. The molecular formula is C26H32O3P+. The molecule has 158 valence electrons. The number of hydrogen-bond acceptors (Lipinski definition) is 3. The van der Waals surface area contributed by atoms with Crippen molar-refractivity contribution in [2.75, 3.05) is 0 Å². The Bertz CT molecular complexity index is 941. The van der Waals surface area contributed by atoms with Gasteiger partial charge in [-0.25, -0.2) is 4.79 Å². The number of hydrogen-bond donors (Lipinski definition) is 0. The highest BCUT2D eigenvalue weighted by Crippen LogP contribution is 2.53. The van der Waals surface area contributed by atoms with Crippen molar-refractivity contribution in [3.8, 4) is 0 Å². The maximum atomic E-state index is 14.1. The Morgan fingerprint density at radius 3 is 1.83 bits per heavy atom. The molecule has 1 atom stereocenters. The molecule has 1 unspecified atom stereocenters. The maximum absolute atomic E-state index is 14.1. The van der Waals surface area contributed by atoms with Crippen LogP contribution in [0, 0.1) is 13.8 Å². The van der Waals surface area contributed by atoms with Crippen molar-refractivity contribution in [1.29, 1.82) is 0 Å². The molecule has 0 aliphatic heterocycles.